The quantitative estimate of drug-likeness (QED) is 0.516. The molecule has 0 heterocycles. The molecule has 0 aromatic carbocycles. The maximum Gasteiger partial charge on any atom is 0.409 e. The van der Waals surface area contributed by atoms with Crippen LogP contribution in [0.4, 0.5) is 4.79 Å². The monoisotopic (exact) mass is 262 g/mol. The first kappa shape index (κ1) is 16.2. The Morgan fingerprint density at radius 2 is 1.72 bits per heavy atom. The van der Waals surface area contributed by atoms with E-state index in [-0.39, 0.29) is 0 Å². The van der Waals surface area contributed by atoms with Crippen LogP contribution in [0.25, 0.3) is 0 Å². The van der Waals surface area contributed by atoms with Gasteiger partial charge in [-0.3, -0.25) is 15.8 Å². The first-order valence-electron chi connectivity index (χ1n) is 5.21. The van der Waals surface area contributed by atoms with Gasteiger partial charge in [-0.15, -0.1) is 0 Å². The van der Waals surface area contributed by atoms with E-state index in [1.807, 2.05) is 5.32 Å². The van der Waals surface area contributed by atoms with Crippen molar-refractivity contribution in [2.75, 3.05) is 0 Å². The molecule has 8 heteroatoms. The molecule has 18 heavy (non-hydrogen) atoms. The number of aliphatic carboxylic acids is 2. The second-order valence-corrected chi connectivity index (χ2v) is 4.80. The minimum atomic E-state index is -2.17. The molecule has 0 bridgehead atoms. The van der Waals surface area contributed by atoms with Crippen molar-refractivity contribution in [1.82, 2.24) is 5.32 Å². The van der Waals surface area contributed by atoms with Crippen LogP contribution in [0.5, 0.6) is 0 Å². The Morgan fingerprint density at radius 3 is 2.06 bits per heavy atom. The number of carbonyl (C=O) groups excluding carboxylic acids is 1. The molecule has 1 atom stereocenters. The van der Waals surface area contributed by atoms with Gasteiger partial charge in [0, 0.05) is 12.8 Å². The highest BCUT2D eigenvalue weighted by atomic mass is 16.6. The van der Waals surface area contributed by atoms with Gasteiger partial charge in [-0.25, -0.2) is 9.59 Å². The van der Waals surface area contributed by atoms with Crippen LogP contribution in [0, 0.1) is 0 Å². The molecule has 0 radical (unpaired) electrons. The molecule has 104 valence electrons. The van der Waals surface area contributed by atoms with Crippen molar-refractivity contribution in [1.29, 1.82) is 0 Å². The topological polar surface area (TPSA) is 139 Å². The van der Waals surface area contributed by atoms with Gasteiger partial charge < -0.3 is 14.9 Å². The number of hydrogen-bond acceptors (Lipinski definition) is 5. The molecule has 0 spiro atoms. The van der Waals surface area contributed by atoms with Crippen molar-refractivity contribution in [3.8, 4) is 0 Å². The molecule has 5 N–H and O–H groups in total. The molecule has 0 aromatic rings. The number of rotatable bonds is 5. The molecular weight excluding hydrogens is 244 g/mol. The Morgan fingerprint density at radius 1 is 1.22 bits per heavy atom. The maximum atomic E-state index is 11.4. The fourth-order valence-electron chi connectivity index (χ4n) is 1.01. The highest BCUT2D eigenvalue weighted by Gasteiger charge is 2.37. The summed E-state index contributed by atoms with van der Waals surface area (Å²) in [6.45, 7) is 4.80. The molecule has 0 saturated heterocycles. The zero-order valence-corrected chi connectivity index (χ0v) is 10.5. The first-order valence-corrected chi connectivity index (χ1v) is 5.21. The standard InChI is InChI=1S/C10H18N2O6/c1-9(2,3)18-8(17)12-10(11,7(15)16)5-4-6(13)14/h4-5,11H2,1-3H3,(H,12,17)(H,13,14)(H,15,16)/t10-/m0/s1. The summed E-state index contributed by atoms with van der Waals surface area (Å²) in [7, 11) is 0. The molecular formula is C10H18N2O6. The molecule has 0 saturated carbocycles. The fourth-order valence-corrected chi connectivity index (χ4v) is 1.01. The lowest BCUT2D eigenvalue weighted by Gasteiger charge is -2.27. The normalized spacial score (nSPS) is 14.4. The van der Waals surface area contributed by atoms with Crippen LogP contribution in [0.3, 0.4) is 0 Å². The van der Waals surface area contributed by atoms with Crippen LogP contribution in [-0.2, 0) is 14.3 Å². The summed E-state index contributed by atoms with van der Waals surface area (Å²) in [6.07, 6.45) is -1.95. The van der Waals surface area contributed by atoms with Crippen molar-refractivity contribution < 1.29 is 29.3 Å². The third kappa shape index (κ3) is 6.04. The van der Waals surface area contributed by atoms with Crippen molar-refractivity contribution >= 4 is 18.0 Å². The summed E-state index contributed by atoms with van der Waals surface area (Å²) in [6, 6.07) is 0. The summed E-state index contributed by atoms with van der Waals surface area (Å²) in [5, 5.41) is 19.3. The molecule has 0 rings (SSSR count). The minimum absolute atomic E-state index is 0.448. The van der Waals surface area contributed by atoms with E-state index >= 15 is 0 Å². The Hall–Kier alpha value is -1.83. The number of ether oxygens (including phenoxy) is 1. The van der Waals surface area contributed by atoms with E-state index < -0.39 is 42.1 Å². The number of alkyl carbamates (subject to hydrolysis) is 1. The van der Waals surface area contributed by atoms with Gasteiger partial charge in [-0.05, 0) is 20.8 Å². The van der Waals surface area contributed by atoms with Gasteiger partial charge in [-0.1, -0.05) is 0 Å². The predicted molar refractivity (Wildman–Crippen MR) is 60.8 cm³/mol. The van der Waals surface area contributed by atoms with E-state index in [4.69, 9.17) is 20.7 Å². The van der Waals surface area contributed by atoms with E-state index in [1.165, 1.54) is 0 Å². The Kier molecular flexibility index (Phi) is 5.10. The summed E-state index contributed by atoms with van der Waals surface area (Å²) < 4.78 is 4.85. The van der Waals surface area contributed by atoms with Crippen LogP contribution in [0.15, 0.2) is 0 Å². The molecule has 0 unspecified atom stereocenters. The van der Waals surface area contributed by atoms with Crippen LogP contribution >= 0.6 is 0 Å². The zero-order chi connectivity index (χ0) is 14.6. The second-order valence-electron chi connectivity index (χ2n) is 4.80. The first-order chi connectivity index (χ1) is 7.96. The molecule has 0 aromatic heterocycles. The molecule has 0 aliphatic rings. The lowest BCUT2D eigenvalue weighted by molar-refractivity contribution is -0.146. The van der Waals surface area contributed by atoms with Gasteiger partial charge in [-0.2, -0.15) is 0 Å². The average Bonchev–Trinajstić information content (AvgIpc) is 2.11. The lowest BCUT2D eigenvalue weighted by Crippen LogP contribution is -2.62. The minimum Gasteiger partial charge on any atom is -0.481 e. The van der Waals surface area contributed by atoms with Crippen molar-refractivity contribution in [2.24, 2.45) is 5.73 Å². The van der Waals surface area contributed by atoms with Gasteiger partial charge in [0.25, 0.3) is 0 Å². The summed E-state index contributed by atoms with van der Waals surface area (Å²) in [4.78, 5) is 32.7. The van der Waals surface area contributed by atoms with Gasteiger partial charge in [0.2, 0.25) is 0 Å². The fraction of sp³-hybridized carbons (Fsp3) is 0.700. The molecule has 8 nitrogen and oxygen atoms in total. The summed E-state index contributed by atoms with van der Waals surface area (Å²) >= 11 is 0. The molecule has 0 fully saturated rings. The zero-order valence-electron chi connectivity index (χ0n) is 10.5. The lowest BCUT2D eigenvalue weighted by atomic mass is 10.1. The third-order valence-corrected chi connectivity index (χ3v) is 1.84. The van der Waals surface area contributed by atoms with Crippen molar-refractivity contribution in [2.45, 2.75) is 44.9 Å². The average molecular weight is 262 g/mol. The predicted octanol–water partition coefficient (Wildman–Crippen LogP) is 0.116. The number of carboxylic acids is 2. The van der Waals surface area contributed by atoms with E-state index in [0.29, 0.717) is 0 Å². The van der Waals surface area contributed by atoms with Crippen molar-refractivity contribution in [3.05, 3.63) is 0 Å². The largest absolute Gasteiger partial charge is 0.481 e. The number of nitrogens with two attached hydrogens (primary N) is 1. The number of hydrogen-bond donors (Lipinski definition) is 4. The highest BCUT2D eigenvalue weighted by molar-refractivity contribution is 5.84. The van der Waals surface area contributed by atoms with Gasteiger partial charge in [0.15, 0.2) is 5.66 Å². The smallest absolute Gasteiger partial charge is 0.409 e. The molecule has 0 aliphatic heterocycles. The highest BCUT2D eigenvalue weighted by Crippen LogP contribution is 2.11. The van der Waals surface area contributed by atoms with Gasteiger partial charge in [0.05, 0.1) is 0 Å². The molecule has 0 aliphatic carbocycles. The number of carbonyl (C=O) groups is 3. The Bertz CT molecular complexity index is 349. The Labute approximate surface area is 104 Å². The Balaban J connectivity index is 4.66. The summed E-state index contributed by atoms with van der Waals surface area (Å²) in [5.41, 5.74) is 2.46. The van der Waals surface area contributed by atoms with Gasteiger partial charge >= 0.3 is 18.0 Å². The van der Waals surface area contributed by atoms with Crippen LogP contribution < -0.4 is 11.1 Å². The summed E-state index contributed by atoms with van der Waals surface area (Å²) in [5.74, 6) is -2.74. The molecule has 1 amide bonds. The van der Waals surface area contributed by atoms with E-state index in [0.717, 1.165) is 0 Å². The number of carboxylic acid groups (broad SMARTS) is 2. The number of nitrogens with one attached hydrogen (secondary N) is 1. The van der Waals surface area contributed by atoms with E-state index in [1.54, 1.807) is 20.8 Å². The van der Waals surface area contributed by atoms with Crippen LogP contribution in [0.2, 0.25) is 0 Å². The van der Waals surface area contributed by atoms with E-state index in [9.17, 15) is 14.4 Å². The van der Waals surface area contributed by atoms with Gasteiger partial charge in [0.1, 0.15) is 5.60 Å². The maximum absolute atomic E-state index is 11.4. The third-order valence-electron chi connectivity index (χ3n) is 1.84. The number of amides is 1. The van der Waals surface area contributed by atoms with Crippen LogP contribution in [-0.4, -0.2) is 39.5 Å². The SMILES string of the molecule is CC(C)(C)OC(=O)N[C@@](N)(CCC(=O)O)C(=O)O. The second kappa shape index (κ2) is 5.67. The van der Waals surface area contributed by atoms with Crippen molar-refractivity contribution in [3.63, 3.8) is 0 Å². The van der Waals surface area contributed by atoms with Crippen LogP contribution in [0.1, 0.15) is 33.6 Å². The van der Waals surface area contributed by atoms with E-state index in [2.05, 4.69) is 0 Å².